The molecule has 0 atom stereocenters. The van der Waals surface area contributed by atoms with Gasteiger partial charge < -0.3 is 5.73 Å². The minimum absolute atomic E-state index is 0.0281. The van der Waals surface area contributed by atoms with E-state index in [2.05, 4.69) is 4.98 Å². The summed E-state index contributed by atoms with van der Waals surface area (Å²) in [4.78, 5) is 3.65. The molecule has 0 aliphatic rings. The van der Waals surface area contributed by atoms with Crippen molar-refractivity contribution in [2.24, 2.45) is 0 Å². The molecule has 0 fully saturated rings. The highest BCUT2D eigenvalue weighted by Gasteiger charge is 2.16. The summed E-state index contributed by atoms with van der Waals surface area (Å²) >= 11 is 0. The lowest BCUT2D eigenvalue weighted by Gasteiger charge is -2.06. The zero-order valence-electron chi connectivity index (χ0n) is 6.88. The van der Waals surface area contributed by atoms with Crippen LogP contribution in [0.15, 0.2) is 6.20 Å². The number of nitrogens with zero attached hydrogens (tertiary/aromatic N) is 2. The maximum absolute atomic E-state index is 12.3. The Labute approximate surface area is 73.8 Å². The number of anilines is 1. The van der Waals surface area contributed by atoms with Crippen LogP contribution in [0.5, 0.6) is 0 Å². The van der Waals surface area contributed by atoms with Crippen molar-refractivity contribution < 1.29 is 8.78 Å². The molecule has 68 valence electrons. The molecule has 0 aliphatic heterocycles. The Hall–Kier alpha value is -1.70. The van der Waals surface area contributed by atoms with Crippen LogP contribution < -0.4 is 5.73 Å². The van der Waals surface area contributed by atoms with Gasteiger partial charge in [-0.25, -0.2) is 8.78 Å². The number of aryl methyl sites for hydroxylation is 1. The molecule has 0 aromatic carbocycles. The fourth-order valence-corrected chi connectivity index (χ4v) is 0.927. The van der Waals surface area contributed by atoms with Gasteiger partial charge in [-0.15, -0.1) is 0 Å². The largest absolute Gasteiger partial charge is 0.396 e. The molecule has 0 bridgehead atoms. The summed E-state index contributed by atoms with van der Waals surface area (Å²) < 4.78 is 24.6. The molecule has 1 aromatic heterocycles. The third-order valence-electron chi connectivity index (χ3n) is 1.69. The smallest absolute Gasteiger partial charge is 0.266 e. The fraction of sp³-hybridized carbons (Fsp3) is 0.250. The Morgan fingerprint density at radius 3 is 2.69 bits per heavy atom. The van der Waals surface area contributed by atoms with Crippen molar-refractivity contribution in [2.75, 3.05) is 5.73 Å². The van der Waals surface area contributed by atoms with Crippen molar-refractivity contribution in [3.8, 4) is 6.07 Å². The summed E-state index contributed by atoms with van der Waals surface area (Å²) in [6, 6.07) is 1.64. The highest BCUT2D eigenvalue weighted by molar-refractivity contribution is 5.59. The average Bonchev–Trinajstić information content (AvgIpc) is 2.09. The van der Waals surface area contributed by atoms with Crippen LogP contribution in [0.2, 0.25) is 0 Å². The van der Waals surface area contributed by atoms with Gasteiger partial charge in [0.2, 0.25) is 0 Å². The molecule has 5 heteroatoms. The van der Waals surface area contributed by atoms with Gasteiger partial charge in [-0.1, -0.05) is 0 Å². The van der Waals surface area contributed by atoms with Crippen LogP contribution in [-0.4, -0.2) is 4.98 Å². The quantitative estimate of drug-likeness (QED) is 0.721. The van der Waals surface area contributed by atoms with Crippen LogP contribution >= 0.6 is 0 Å². The number of nitrogen functional groups attached to an aromatic ring is 1. The molecular weight excluding hydrogens is 176 g/mol. The van der Waals surface area contributed by atoms with E-state index in [-0.39, 0.29) is 11.3 Å². The number of halogens is 2. The molecule has 0 saturated heterocycles. The van der Waals surface area contributed by atoms with E-state index in [4.69, 9.17) is 11.0 Å². The van der Waals surface area contributed by atoms with Gasteiger partial charge in [0.1, 0.15) is 6.07 Å². The van der Waals surface area contributed by atoms with E-state index in [1.807, 2.05) is 0 Å². The normalized spacial score (nSPS) is 10.1. The second-order valence-corrected chi connectivity index (χ2v) is 2.50. The van der Waals surface area contributed by atoms with Crippen molar-refractivity contribution in [2.45, 2.75) is 13.3 Å². The van der Waals surface area contributed by atoms with Gasteiger partial charge in [-0.2, -0.15) is 5.26 Å². The highest BCUT2D eigenvalue weighted by Crippen LogP contribution is 2.26. The zero-order valence-corrected chi connectivity index (χ0v) is 6.88. The van der Waals surface area contributed by atoms with Gasteiger partial charge >= 0.3 is 0 Å². The first-order valence-corrected chi connectivity index (χ1v) is 3.51. The molecule has 0 saturated carbocycles. The second kappa shape index (κ2) is 3.35. The number of pyridine rings is 1. The number of hydrogen-bond donors (Lipinski definition) is 1. The molecule has 0 unspecified atom stereocenters. The standard InChI is InChI=1S/C8H7F2N3/c1-4-7(12)5(2-11)6(3-13-4)8(9)10/h3,8H,12H2,1H3. The Kier molecular flexibility index (Phi) is 2.42. The Balaban J connectivity index is 3.41. The van der Waals surface area contributed by atoms with Gasteiger partial charge in [0.15, 0.2) is 0 Å². The number of rotatable bonds is 1. The molecule has 0 spiro atoms. The summed E-state index contributed by atoms with van der Waals surface area (Å²) in [5.41, 5.74) is 5.24. The molecular formula is C8H7F2N3. The molecule has 1 rings (SSSR count). The molecule has 1 heterocycles. The van der Waals surface area contributed by atoms with E-state index in [9.17, 15) is 8.78 Å². The Morgan fingerprint density at radius 1 is 1.62 bits per heavy atom. The number of alkyl halides is 2. The molecule has 0 radical (unpaired) electrons. The predicted molar refractivity (Wildman–Crippen MR) is 43.1 cm³/mol. The first-order valence-electron chi connectivity index (χ1n) is 3.51. The maximum atomic E-state index is 12.3. The zero-order chi connectivity index (χ0) is 10.0. The van der Waals surface area contributed by atoms with Crippen molar-refractivity contribution in [3.05, 3.63) is 23.0 Å². The van der Waals surface area contributed by atoms with Crippen LogP contribution in [-0.2, 0) is 0 Å². The first-order chi connectivity index (χ1) is 6.07. The summed E-state index contributed by atoms with van der Waals surface area (Å²) in [6.07, 6.45) is -1.74. The summed E-state index contributed by atoms with van der Waals surface area (Å²) in [5.74, 6) is 0. The van der Waals surface area contributed by atoms with Gasteiger partial charge in [-0.05, 0) is 6.92 Å². The number of nitriles is 1. The van der Waals surface area contributed by atoms with Gasteiger partial charge in [0.25, 0.3) is 6.43 Å². The van der Waals surface area contributed by atoms with Crippen LogP contribution in [0.3, 0.4) is 0 Å². The van der Waals surface area contributed by atoms with Crippen molar-refractivity contribution in [1.82, 2.24) is 4.98 Å². The monoisotopic (exact) mass is 183 g/mol. The summed E-state index contributed by atoms with van der Waals surface area (Å²) in [6.45, 7) is 1.56. The van der Waals surface area contributed by atoms with Crippen molar-refractivity contribution in [3.63, 3.8) is 0 Å². The lowest BCUT2D eigenvalue weighted by molar-refractivity contribution is 0.150. The second-order valence-electron chi connectivity index (χ2n) is 2.50. The highest BCUT2D eigenvalue weighted by atomic mass is 19.3. The fourth-order valence-electron chi connectivity index (χ4n) is 0.927. The SMILES string of the molecule is Cc1ncc(C(F)F)c(C#N)c1N. The molecule has 0 aliphatic carbocycles. The van der Waals surface area contributed by atoms with Gasteiger partial charge in [0, 0.05) is 6.20 Å². The van der Waals surface area contributed by atoms with E-state index in [0.29, 0.717) is 5.69 Å². The number of nitrogens with two attached hydrogens (primary N) is 1. The third-order valence-corrected chi connectivity index (χ3v) is 1.69. The topological polar surface area (TPSA) is 62.7 Å². The molecule has 13 heavy (non-hydrogen) atoms. The predicted octanol–water partition coefficient (Wildman–Crippen LogP) is 1.78. The van der Waals surface area contributed by atoms with E-state index in [1.54, 1.807) is 13.0 Å². The minimum atomic E-state index is -2.72. The van der Waals surface area contributed by atoms with E-state index < -0.39 is 12.0 Å². The number of aromatic nitrogens is 1. The van der Waals surface area contributed by atoms with Crippen LogP contribution in [0, 0.1) is 18.3 Å². The Bertz CT molecular complexity index is 368. The minimum Gasteiger partial charge on any atom is -0.396 e. The Morgan fingerprint density at radius 2 is 2.23 bits per heavy atom. The lowest BCUT2D eigenvalue weighted by Crippen LogP contribution is -2.02. The molecule has 3 nitrogen and oxygen atoms in total. The van der Waals surface area contributed by atoms with E-state index in [1.165, 1.54) is 0 Å². The first kappa shape index (κ1) is 9.39. The van der Waals surface area contributed by atoms with Crippen molar-refractivity contribution in [1.29, 1.82) is 5.26 Å². The van der Waals surface area contributed by atoms with E-state index >= 15 is 0 Å². The van der Waals surface area contributed by atoms with Gasteiger partial charge in [-0.3, -0.25) is 4.98 Å². The molecule has 0 amide bonds. The van der Waals surface area contributed by atoms with E-state index in [0.717, 1.165) is 6.20 Å². The van der Waals surface area contributed by atoms with Crippen LogP contribution in [0.25, 0.3) is 0 Å². The summed E-state index contributed by atoms with van der Waals surface area (Å²) in [7, 11) is 0. The lowest BCUT2D eigenvalue weighted by atomic mass is 10.1. The van der Waals surface area contributed by atoms with Crippen molar-refractivity contribution >= 4 is 5.69 Å². The third kappa shape index (κ3) is 1.56. The molecule has 1 aromatic rings. The van der Waals surface area contributed by atoms with Gasteiger partial charge in [0.05, 0.1) is 22.5 Å². The van der Waals surface area contributed by atoms with Crippen LogP contribution in [0.4, 0.5) is 14.5 Å². The van der Waals surface area contributed by atoms with Crippen LogP contribution in [0.1, 0.15) is 23.2 Å². The maximum Gasteiger partial charge on any atom is 0.266 e. The molecule has 2 N–H and O–H groups in total. The number of hydrogen-bond acceptors (Lipinski definition) is 3. The average molecular weight is 183 g/mol. The summed E-state index contributed by atoms with van der Waals surface area (Å²) in [5, 5.41) is 8.58.